The van der Waals surface area contributed by atoms with Crippen LogP contribution in [0.3, 0.4) is 0 Å². The second-order valence-electron chi connectivity index (χ2n) is 5.92. The molecule has 1 N–H and O–H groups in total. The minimum Gasteiger partial charge on any atom is -0.325 e. The first-order chi connectivity index (χ1) is 10.4. The van der Waals surface area contributed by atoms with Crippen LogP contribution in [-0.4, -0.2) is 37.7 Å². The highest BCUT2D eigenvalue weighted by atomic mass is 32.2. The number of hydrogen-bond donors (Lipinski definition) is 1. The molecule has 0 radical (unpaired) electrons. The number of hydrogen-bond acceptors (Lipinski definition) is 3. The van der Waals surface area contributed by atoms with E-state index in [1.165, 1.54) is 0 Å². The minimum absolute atomic E-state index is 0.188. The third kappa shape index (κ3) is 3.80. The van der Waals surface area contributed by atoms with Crippen molar-refractivity contribution < 1.29 is 13.2 Å². The normalized spacial score (nSPS) is 16.4. The van der Waals surface area contributed by atoms with Crippen LogP contribution in [0.15, 0.2) is 29.2 Å². The van der Waals surface area contributed by atoms with E-state index in [1.54, 1.807) is 43.0 Å². The summed E-state index contributed by atoms with van der Waals surface area (Å²) in [4.78, 5) is 14.3. The topological polar surface area (TPSA) is 66.5 Å². The van der Waals surface area contributed by atoms with Crippen molar-refractivity contribution in [1.82, 2.24) is 4.90 Å². The molecule has 0 aliphatic carbocycles. The molecule has 0 bridgehead atoms. The van der Waals surface area contributed by atoms with Crippen LogP contribution in [0, 0.1) is 0 Å². The Morgan fingerprint density at radius 2 is 1.68 bits per heavy atom. The predicted octanol–water partition coefficient (Wildman–Crippen LogP) is 3.28. The van der Waals surface area contributed by atoms with Gasteiger partial charge in [0.2, 0.25) is 0 Å². The zero-order valence-electron chi connectivity index (χ0n) is 13.2. The van der Waals surface area contributed by atoms with Crippen molar-refractivity contribution in [1.29, 1.82) is 0 Å². The van der Waals surface area contributed by atoms with Gasteiger partial charge in [-0.2, -0.15) is 0 Å². The lowest BCUT2D eigenvalue weighted by molar-refractivity contribution is 0.213. The van der Waals surface area contributed by atoms with Gasteiger partial charge in [-0.15, -0.1) is 0 Å². The summed E-state index contributed by atoms with van der Waals surface area (Å²) in [6.07, 6.45) is 4.28. The van der Waals surface area contributed by atoms with Gasteiger partial charge < -0.3 is 10.2 Å². The molecule has 6 heteroatoms. The number of sulfone groups is 1. The molecule has 2 amide bonds. The molecule has 2 rings (SSSR count). The molecule has 0 atom stereocenters. The zero-order chi connectivity index (χ0) is 16.2. The van der Waals surface area contributed by atoms with Crippen molar-refractivity contribution in [3.8, 4) is 0 Å². The van der Waals surface area contributed by atoms with E-state index in [4.69, 9.17) is 0 Å². The van der Waals surface area contributed by atoms with Crippen molar-refractivity contribution in [2.75, 3.05) is 18.4 Å². The number of carbonyl (C=O) groups excluding carboxylic acids is 1. The average molecular weight is 324 g/mol. The van der Waals surface area contributed by atoms with E-state index >= 15 is 0 Å². The molecule has 1 aliphatic rings. The van der Waals surface area contributed by atoms with Gasteiger partial charge in [0.25, 0.3) is 0 Å². The average Bonchev–Trinajstić information content (AvgIpc) is 2.76. The molecular formula is C16H24N2O3S. The maximum Gasteiger partial charge on any atom is 0.321 e. The van der Waals surface area contributed by atoms with Gasteiger partial charge in [0.05, 0.1) is 15.8 Å². The molecule has 1 aromatic rings. The number of carbonyl (C=O) groups is 1. The summed E-state index contributed by atoms with van der Waals surface area (Å²) >= 11 is 0. The van der Waals surface area contributed by atoms with Crippen LogP contribution in [-0.2, 0) is 9.84 Å². The van der Waals surface area contributed by atoms with E-state index in [0.29, 0.717) is 5.69 Å². The maximum absolute atomic E-state index is 12.4. The minimum atomic E-state index is -3.42. The molecule has 0 aromatic heterocycles. The third-order valence-corrected chi connectivity index (χ3v) is 6.16. The predicted molar refractivity (Wildman–Crippen MR) is 87.8 cm³/mol. The van der Waals surface area contributed by atoms with Crippen LogP contribution in [0.5, 0.6) is 0 Å². The molecular weight excluding hydrogens is 300 g/mol. The molecule has 1 saturated heterocycles. The van der Waals surface area contributed by atoms with E-state index < -0.39 is 15.1 Å². The molecule has 122 valence electrons. The van der Waals surface area contributed by atoms with Gasteiger partial charge in [-0.25, -0.2) is 13.2 Å². The number of anilines is 1. The van der Waals surface area contributed by atoms with Crippen LogP contribution in [0.1, 0.15) is 39.5 Å². The third-order valence-electron chi connectivity index (χ3n) is 3.95. The first-order valence-corrected chi connectivity index (χ1v) is 9.36. The highest BCUT2D eigenvalue weighted by Gasteiger charge is 2.24. The van der Waals surface area contributed by atoms with Crippen LogP contribution in [0.4, 0.5) is 10.5 Å². The van der Waals surface area contributed by atoms with E-state index in [2.05, 4.69) is 5.32 Å². The number of nitrogens with zero attached hydrogens (tertiary/aromatic N) is 1. The van der Waals surface area contributed by atoms with E-state index in [-0.39, 0.29) is 10.9 Å². The molecule has 1 heterocycles. The van der Waals surface area contributed by atoms with Crippen LogP contribution in [0.2, 0.25) is 0 Å². The maximum atomic E-state index is 12.4. The van der Waals surface area contributed by atoms with Crippen LogP contribution in [0.25, 0.3) is 0 Å². The number of para-hydroxylation sites is 1. The summed E-state index contributed by atoms with van der Waals surface area (Å²) in [6.45, 7) is 4.74. The van der Waals surface area contributed by atoms with Gasteiger partial charge >= 0.3 is 6.03 Å². The van der Waals surface area contributed by atoms with Gasteiger partial charge in [-0.3, -0.25) is 0 Å². The molecule has 5 nitrogen and oxygen atoms in total. The van der Waals surface area contributed by atoms with Crippen LogP contribution < -0.4 is 5.32 Å². The molecule has 1 fully saturated rings. The smallest absolute Gasteiger partial charge is 0.321 e. The zero-order valence-corrected chi connectivity index (χ0v) is 14.0. The van der Waals surface area contributed by atoms with Crippen molar-refractivity contribution in [3.05, 3.63) is 24.3 Å². The SMILES string of the molecule is CC(C)S(=O)(=O)c1ccccc1NC(=O)N1CCCCCC1. The summed E-state index contributed by atoms with van der Waals surface area (Å²) in [5.74, 6) is 0. The second kappa shape index (κ2) is 7.13. The second-order valence-corrected chi connectivity index (χ2v) is 8.39. The molecule has 0 saturated carbocycles. The largest absolute Gasteiger partial charge is 0.325 e. The molecule has 1 aliphatic heterocycles. The van der Waals surface area contributed by atoms with Crippen molar-refractivity contribution in [2.24, 2.45) is 0 Å². The fraction of sp³-hybridized carbons (Fsp3) is 0.562. The number of likely N-dealkylation sites (tertiary alicyclic amines) is 1. The molecule has 22 heavy (non-hydrogen) atoms. The Hall–Kier alpha value is -1.56. The van der Waals surface area contributed by atoms with E-state index in [0.717, 1.165) is 38.8 Å². The Labute approximate surface area is 132 Å². The lowest BCUT2D eigenvalue weighted by Gasteiger charge is -2.22. The van der Waals surface area contributed by atoms with E-state index in [9.17, 15) is 13.2 Å². The number of rotatable bonds is 3. The summed E-state index contributed by atoms with van der Waals surface area (Å²) in [6, 6.07) is 6.39. The number of urea groups is 1. The Morgan fingerprint density at radius 3 is 2.27 bits per heavy atom. The van der Waals surface area contributed by atoms with Crippen molar-refractivity contribution in [2.45, 2.75) is 49.7 Å². The highest BCUT2D eigenvalue weighted by molar-refractivity contribution is 7.92. The monoisotopic (exact) mass is 324 g/mol. The fourth-order valence-electron chi connectivity index (χ4n) is 2.54. The van der Waals surface area contributed by atoms with E-state index in [1.807, 2.05) is 0 Å². The van der Waals surface area contributed by atoms with Crippen molar-refractivity contribution in [3.63, 3.8) is 0 Å². The Kier molecular flexibility index (Phi) is 5.45. The fourth-order valence-corrected chi connectivity index (χ4v) is 3.74. The van der Waals surface area contributed by atoms with Gasteiger partial charge in [0.1, 0.15) is 0 Å². The first kappa shape index (κ1) is 16.8. The van der Waals surface area contributed by atoms with Gasteiger partial charge in [-0.05, 0) is 38.8 Å². The Morgan fingerprint density at radius 1 is 1.09 bits per heavy atom. The lowest BCUT2D eigenvalue weighted by atomic mass is 10.2. The van der Waals surface area contributed by atoms with Crippen LogP contribution >= 0.6 is 0 Å². The highest BCUT2D eigenvalue weighted by Crippen LogP contribution is 2.25. The number of amides is 2. The summed E-state index contributed by atoms with van der Waals surface area (Å²) in [5.41, 5.74) is 0.366. The molecule has 0 unspecified atom stereocenters. The quantitative estimate of drug-likeness (QED) is 0.928. The Bertz CT molecular complexity index is 618. The van der Waals surface area contributed by atoms with Crippen molar-refractivity contribution >= 4 is 21.6 Å². The molecule has 1 aromatic carbocycles. The lowest BCUT2D eigenvalue weighted by Crippen LogP contribution is -2.36. The van der Waals surface area contributed by atoms with Gasteiger partial charge in [-0.1, -0.05) is 25.0 Å². The summed E-state index contributed by atoms with van der Waals surface area (Å²) in [7, 11) is -3.42. The summed E-state index contributed by atoms with van der Waals surface area (Å²) < 4.78 is 24.8. The standard InChI is InChI=1S/C16H24N2O3S/c1-13(2)22(20,21)15-10-6-5-9-14(15)17-16(19)18-11-7-3-4-8-12-18/h5-6,9-10,13H,3-4,7-8,11-12H2,1-2H3,(H,17,19). The first-order valence-electron chi connectivity index (χ1n) is 7.82. The summed E-state index contributed by atoms with van der Waals surface area (Å²) in [5, 5.41) is 2.25. The van der Waals surface area contributed by atoms with Gasteiger partial charge in [0.15, 0.2) is 9.84 Å². The molecule has 0 spiro atoms. The number of benzene rings is 1. The number of nitrogens with one attached hydrogen (secondary N) is 1. The van der Waals surface area contributed by atoms with Gasteiger partial charge in [0, 0.05) is 13.1 Å². The Balaban J connectivity index is 2.21.